The fraction of sp³-hybridized carbons (Fsp3) is 0.857. The molecule has 108 valence electrons. The molecule has 1 atom stereocenters. The first-order valence-corrected chi connectivity index (χ1v) is 7.82. The Morgan fingerprint density at radius 1 is 1.22 bits per heavy atom. The molecule has 0 amide bonds. The van der Waals surface area contributed by atoms with E-state index in [1.165, 1.54) is 0 Å². The average molecular weight is 306 g/mol. The SMILES string of the molecule is CC(C)(CCOP(=O)(O)OP(=O)(O)O)CC(=O)O. The molecular weight excluding hydrogens is 290 g/mol. The third-order valence-electron chi connectivity index (χ3n) is 1.87. The zero-order chi connectivity index (χ0) is 14.6. The van der Waals surface area contributed by atoms with Crippen LogP contribution >= 0.6 is 15.6 Å². The van der Waals surface area contributed by atoms with Gasteiger partial charge < -0.3 is 19.8 Å². The molecule has 0 heterocycles. The Hall–Kier alpha value is -0.270. The summed E-state index contributed by atoms with van der Waals surface area (Å²) in [5, 5.41) is 8.59. The molecule has 0 spiro atoms. The zero-order valence-electron chi connectivity index (χ0n) is 9.85. The molecular formula is C7H16O9P2. The van der Waals surface area contributed by atoms with E-state index in [0.717, 1.165) is 0 Å². The van der Waals surface area contributed by atoms with Crippen molar-refractivity contribution in [3.8, 4) is 0 Å². The summed E-state index contributed by atoms with van der Waals surface area (Å²) in [4.78, 5) is 36.1. The average Bonchev–Trinajstić information content (AvgIpc) is 1.93. The number of carbonyl (C=O) groups is 1. The summed E-state index contributed by atoms with van der Waals surface area (Å²) in [6.07, 6.45) is -0.0696. The Balaban J connectivity index is 4.22. The number of phosphoric ester groups is 1. The molecule has 0 aliphatic carbocycles. The number of hydrogen-bond donors (Lipinski definition) is 4. The molecule has 18 heavy (non-hydrogen) atoms. The van der Waals surface area contributed by atoms with Gasteiger partial charge in [-0.3, -0.25) is 9.32 Å². The number of carboxylic acid groups (broad SMARTS) is 1. The van der Waals surface area contributed by atoms with Crippen molar-refractivity contribution in [1.29, 1.82) is 0 Å². The Morgan fingerprint density at radius 3 is 2.11 bits per heavy atom. The molecule has 0 aromatic carbocycles. The molecule has 0 radical (unpaired) electrons. The number of carboxylic acids is 1. The van der Waals surface area contributed by atoms with Gasteiger partial charge in [-0.25, -0.2) is 9.13 Å². The summed E-state index contributed by atoms with van der Waals surface area (Å²) in [5.41, 5.74) is -0.687. The van der Waals surface area contributed by atoms with Gasteiger partial charge in [0.25, 0.3) is 0 Å². The fourth-order valence-corrected chi connectivity index (χ4v) is 2.68. The Bertz CT molecular complexity index is 384. The molecule has 0 saturated carbocycles. The summed E-state index contributed by atoms with van der Waals surface area (Å²) >= 11 is 0. The molecule has 0 bridgehead atoms. The van der Waals surface area contributed by atoms with Crippen molar-refractivity contribution < 1.29 is 42.5 Å². The van der Waals surface area contributed by atoms with Crippen molar-refractivity contribution in [2.24, 2.45) is 5.41 Å². The lowest BCUT2D eigenvalue weighted by Crippen LogP contribution is -2.18. The highest BCUT2D eigenvalue weighted by molar-refractivity contribution is 7.60. The van der Waals surface area contributed by atoms with E-state index in [0.29, 0.717) is 0 Å². The van der Waals surface area contributed by atoms with Crippen molar-refractivity contribution in [2.75, 3.05) is 6.61 Å². The second kappa shape index (κ2) is 6.25. The summed E-state index contributed by atoms with van der Waals surface area (Å²) in [6.45, 7) is 2.85. The lowest BCUT2D eigenvalue weighted by Gasteiger charge is -2.22. The highest BCUT2D eigenvalue weighted by atomic mass is 31.3. The molecule has 1 unspecified atom stereocenters. The highest BCUT2D eigenvalue weighted by Gasteiger charge is 2.33. The van der Waals surface area contributed by atoms with Gasteiger partial charge in [-0.2, -0.15) is 4.31 Å². The molecule has 11 heteroatoms. The van der Waals surface area contributed by atoms with Gasteiger partial charge in [0.05, 0.1) is 13.0 Å². The van der Waals surface area contributed by atoms with Gasteiger partial charge in [-0.15, -0.1) is 0 Å². The molecule has 0 aliphatic heterocycles. The van der Waals surface area contributed by atoms with E-state index in [4.69, 9.17) is 19.8 Å². The van der Waals surface area contributed by atoms with Gasteiger partial charge in [-0.05, 0) is 11.8 Å². The lowest BCUT2D eigenvalue weighted by molar-refractivity contribution is -0.139. The number of aliphatic carboxylic acids is 1. The summed E-state index contributed by atoms with van der Waals surface area (Å²) in [5.74, 6) is -1.03. The maximum absolute atomic E-state index is 11.0. The number of hydrogen-bond acceptors (Lipinski definition) is 5. The first-order valence-electron chi connectivity index (χ1n) is 4.79. The molecule has 0 fully saturated rings. The topological polar surface area (TPSA) is 151 Å². The summed E-state index contributed by atoms with van der Waals surface area (Å²) in [7, 11) is -9.97. The van der Waals surface area contributed by atoms with Crippen molar-refractivity contribution in [1.82, 2.24) is 0 Å². The Kier molecular flexibility index (Phi) is 6.16. The normalized spacial score (nSPS) is 16.3. The van der Waals surface area contributed by atoms with Crippen molar-refractivity contribution in [3.05, 3.63) is 0 Å². The molecule has 9 nitrogen and oxygen atoms in total. The van der Waals surface area contributed by atoms with Crippen LogP contribution in [0.5, 0.6) is 0 Å². The minimum absolute atomic E-state index is 0.106. The first-order chi connectivity index (χ1) is 7.83. The zero-order valence-corrected chi connectivity index (χ0v) is 11.6. The maximum atomic E-state index is 11.0. The summed E-state index contributed by atoms with van der Waals surface area (Å²) in [6, 6.07) is 0. The van der Waals surface area contributed by atoms with Crippen LogP contribution < -0.4 is 0 Å². The van der Waals surface area contributed by atoms with Gasteiger partial charge in [0, 0.05) is 0 Å². The molecule has 0 aliphatic rings. The second-order valence-electron chi connectivity index (χ2n) is 4.36. The molecule has 0 saturated heterocycles. The van der Waals surface area contributed by atoms with Crippen molar-refractivity contribution in [2.45, 2.75) is 26.7 Å². The van der Waals surface area contributed by atoms with E-state index in [1.54, 1.807) is 13.8 Å². The minimum Gasteiger partial charge on any atom is -0.481 e. The van der Waals surface area contributed by atoms with Crippen LogP contribution in [-0.4, -0.2) is 32.4 Å². The van der Waals surface area contributed by atoms with E-state index in [2.05, 4.69) is 8.83 Å². The van der Waals surface area contributed by atoms with E-state index in [9.17, 15) is 13.9 Å². The maximum Gasteiger partial charge on any atom is 0.481 e. The lowest BCUT2D eigenvalue weighted by atomic mass is 9.86. The largest absolute Gasteiger partial charge is 0.481 e. The smallest absolute Gasteiger partial charge is 0.481 e. The third kappa shape index (κ3) is 9.73. The minimum atomic E-state index is -5.12. The van der Waals surface area contributed by atoms with Crippen LogP contribution in [0.25, 0.3) is 0 Å². The molecule has 0 aromatic rings. The Morgan fingerprint density at radius 2 is 1.72 bits per heavy atom. The van der Waals surface area contributed by atoms with Crippen LogP contribution in [0.4, 0.5) is 0 Å². The number of phosphoric acid groups is 2. The third-order valence-corrected chi connectivity index (χ3v) is 4.06. The quantitative estimate of drug-likeness (QED) is 0.483. The van der Waals surface area contributed by atoms with E-state index < -0.39 is 27.0 Å². The van der Waals surface area contributed by atoms with Crippen LogP contribution in [0.3, 0.4) is 0 Å². The fourth-order valence-electron chi connectivity index (χ4n) is 1.09. The van der Waals surface area contributed by atoms with E-state index in [1.807, 2.05) is 0 Å². The van der Waals surface area contributed by atoms with Crippen LogP contribution in [0.15, 0.2) is 0 Å². The van der Waals surface area contributed by atoms with Crippen LogP contribution in [0.1, 0.15) is 26.7 Å². The van der Waals surface area contributed by atoms with Crippen LogP contribution in [-0.2, 0) is 22.8 Å². The van der Waals surface area contributed by atoms with Crippen molar-refractivity contribution >= 4 is 21.6 Å². The van der Waals surface area contributed by atoms with Gasteiger partial charge >= 0.3 is 21.6 Å². The second-order valence-corrected chi connectivity index (χ2v) is 7.19. The molecule has 0 rings (SSSR count). The predicted molar refractivity (Wildman–Crippen MR) is 59.6 cm³/mol. The molecule has 0 aromatic heterocycles. The highest BCUT2D eigenvalue weighted by Crippen LogP contribution is 2.57. The van der Waals surface area contributed by atoms with E-state index >= 15 is 0 Å². The van der Waals surface area contributed by atoms with Crippen LogP contribution in [0.2, 0.25) is 0 Å². The first kappa shape index (κ1) is 17.7. The Labute approximate surface area is 104 Å². The number of rotatable bonds is 8. The van der Waals surface area contributed by atoms with E-state index in [-0.39, 0.29) is 19.4 Å². The van der Waals surface area contributed by atoms with Gasteiger partial charge in [0.2, 0.25) is 0 Å². The summed E-state index contributed by atoms with van der Waals surface area (Å²) < 4.78 is 29.3. The van der Waals surface area contributed by atoms with Crippen molar-refractivity contribution in [3.63, 3.8) is 0 Å². The van der Waals surface area contributed by atoms with Gasteiger partial charge in [0.1, 0.15) is 0 Å². The standard InChI is InChI=1S/C7H16O9P2/c1-7(2,5-6(8)9)3-4-15-18(13,14)16-17(10,11)12/h3-5H2,1-2H3,(H,8,9)(H,13,14)(H2,10,11,12). The monoisotopic (exact) mass is 306 g/mol. The molecule has 4 N–H and O–H groups in total. The predicted octanol–water partition coefficient (Wildman–Crippen LogP) is 1.10. The van der Waals surface area contributed by atoms with Crippen LogP contribution in [0, 0.1) is 5.41 Å². The van der Waals surface area contributed by atoms with Gasteiger partial charge in [-0.1, -0.05) is 13.8 Å². The van der Waals surface area contributed by atoms with Gasteiger partial charge in [0.15, 0.2) is 0 Å².